The number of ether oxygens (including phenoxy) is 1. The van der Waals surface area contributed by atoms with Crippen LogP contribution < -0.4 is 11.1 Å². The van der Waals surface area contributed by atoms with Gasteiger partial charge >= 0.3 is 0 Å². The van der Waals surface area contributed by atoms with E-state index in [4.69, 9.17) is 10.5 Å². The fourth-order valence-corrected chi connectivity index (χ4v) is 2.77. The first-order chi connectivity index (χ1) is 8.43. The van der Waals surface area contributed by atoms with Gasteiger partial charge in [-0.25, -0.2) is 0 Å². The maximum Gasteiger partial charge on any atom is 0.220 e. The lowest BCUT2D eigenvalue weighted by Gasteiger charge is -2.28. The number of hydrogen-bond donors (Lipinski definition) is 2. The van der Waals surface area contributed by atoms with Crippen LogP contribution in [0.15, 0.2) is 0 Å². The van der Waals surface area contributed by atoms with Gasteiger partial charge in [0.2, 0.25) is 5.91 Å². The summed E-state index contributed by atoms with van der Waals surface area (Å²) >= 11 is 0. The van der Waals surface area contributed by atoms with E-state index in [0.29, 0.717) is 25.0 Å². The second-order valence-corrected chi connectivity index (χ2v) is 6.20. The van der Waals surface area contributed by atoms with Gasteiger partial charge in [-0.1, -0.05) is 12.8 Å². The van der Waals surface area contributed by atoms with Crippen LogP contribution in [0, 0.1) is 5.92 Å². The van der Waals surface area contributed by atoms with E-state index in [9.17, 15) is 4.79 Å². The molecule has 0 spiro atoms. The smallest absolute Gasteiger partial charge is 0.220 e. The third kappa shape index (κ3) is 5.83. The largest absolute Gasteiger partial charge is 0.382 e. The Morgan fingerprint density at radius 3 is 2.78 bits per heavy atom. The molecule has 1 amide bonds. The molecule has 1 rings (SSSR count). The average molecular weight is 256 g/mol. The van der Waals surface area contributed by atoms with E-state index in [-0.39, 0.29) is 11.4 Å². The molecule has 0 aromatic heterocycles. The zero-order chi connectivity index (χ0) is 13.6. The Balaban J connectivity index is 2.24. The fraction of sp³-hybridized carbons (Fsp3) is 0.929. The molecule has 1 saturated carbocycles. The molecule has 4 nitrogen and oxygen atoms in total. The second kappa shape index (κ2) is 7.10. The summed E-state index contributed by atoms with van der Waals surface area (Å²) in [5.41, 5.74) is 5.67. The minimum atomic E-state index is -0.283. The number of rotatable bonds is 6. The molecule has 1 aliphatic rings. The molecule has 18 heavy (non-hydrogen) atoms. The van der Waals surface area contributed by atoms with Gasteiger partial charge in [-0.2, -0.15) is 0 Å². The van der Waals surface area contributed by atoms with E-state index in [0.717, 1.165) is 19.3 Å². The highest BCUT2D eigenvalue weighted by Gasteiger charge is 2.23. The zero-order valence-electron chi connectivity index (χ0n) is 12.0. The molecule has 3 N–H and O–H groups in total. The van der Waals surface area contributed by atoms with Gasteiger partial charge in [0, 0.05) is 19.6 Å². The Morgan fingerprint density at radius 2 is 2.17 bits per heavy atom. The Bertz CT molecular complexity index is 267. The first kappa shape index (κ1) is 15.4. The van der Waals surface area contributed by atoms with Gasteiger partial charge < -0.3 is 15.8 Å². The first-order valence-corrected chi connectivity index (χ1v) is 6.98. The summed E-state index contributed by atoms with van der Waals surface area (Å²) in [6, 6.07) is 0.344. The topological polar surface area (TPSA) is 64.3 Å². The summed E-state index contributed by atoms with van der Waals surface area (Å²) in [4.78, 5) is 11.9. The van der Waals surface area contributed by atoms with Gasteiger partial charge in [0.1, 0.15) is 0 Å². The molecule has 0 bridgehead atoms. The predicted molar refractivity (Wildman–Crippen MR) is 73.3 cm³/mol. The molecule has 0 heterocycles. The van der Waals surface area contributed by atoms with Crippen molar-refractivity contribution in [2.24, 2.45) is 11.7 Å². The van der Waals surface area contributed by atoms with Crippen LogP contribution in [0.2, 0.25) is 0 Å². The van der Waals surface area contributed by atoms with Gasteiger partial charge in [0.15, 0.2) is 0 Å². The maximum absolute atomic E-state index is 11.9. The van der Waals surface area contributed by atoms with Crippen molar-refractivity contribution in [2.45, 2.75) is 64.0 Å². The number of nitrogens with two attached hydrogens (primary N) is 1. The van der Waals surface area contributed by atoms with Gasteiger partial charge in [0.25, 0.3) is 0 Å². The minimum Gasteiger partial charge on any atom is -0.382 e. The number of amides is 1. The fourth-order valence-electron chi connectivity index (χ4n) is 2.77. The summed E-state index contributed by atoms with van der Waals surface area (Å²) in [7, 11) is 1.65. The second-order valence-electron chi connectivity index (χ2n) is 6.20. The van der Waals surface area contributed by atoms with Crippen LogP contribution in [0.5, 0.6) is 0 Å². The number of nitrogens with one attached hydrogen (secondary N) is 1. The number of carbonyl (C=O) groups is 1. The summed E-state index contributed by atoms with van der Waals surface area (Å²) in [6.07, 6.45) is 6.22. The normalized spacial score (nSPS) is 24.9. The summed E-state index contributed by atoms with van der Waals surface area (Å²) in [5.74, 6) is 0.751. The zero-order valence-corrected chi connectivity index (χ0v) is 12.0. The maximum atomic E-state index is 11.9. The van der Waals surface area contributed by atoms with Crippen LogP contribution in [0.1, 0.15) is 52.4 Å². The number of methoxy groups -OCH3 is 1. The monoisotopic (exact) mass is 256 g/mol. The van der Waals surface area contributed by atoms with E-state index in [1.54, 1.807) is 7.11 Å². The highest BCUT2D eigenvalue weighted by molar-refractivity contribution is 5.76. The molecular weight excluding hydrogens is 228 g/mol. The van der Waals surface area contributed by atoms with Crippen LogP contribution in [0.25, 0.3) is 0 Å². The lowest BCUT2D eigenvalue weighted by atomic mass is 9.83. The molecule has 2 unspecified atom stereocenters. The van der Waals surface area contributed by atoms with Gasteiger partial charge in [-0.05, 0) is 39.0 Å². The Kier molecular flexibility index (Phi) is 6.09. The minimum absolute atomic E-state index is 0.121. The third-order valence-corrected chi connectivity index (χ3v) is 3.59. The Labute approximate surface area is 111 Å². The lowest BCUT2D eigenvalue weighted by Crippen LogP contribution is -2.46. The van der Waals surface area contributed by atoms with Crippen LogP contribution in [0.4, 0.5) is 0 Å². The molecule has 1 fully saturated rings. The van der Waals surface area contributed by atoms with Crippen molar-refractivity contribution in [2.75, 3.05) is 13.7 Å². The molecule has 0 saturated heterocycles. The van der Waals surface area contributed by atoms with Gasteiger partial charge in [-0.15, -0.1) is 0 Å². The van der Waals surface area contributed by atoms with Crippen LogP contribution in [-0.2, 0) is 9.53 Å². The van der Waals surface area contributed by atoms with Crippen molar-refractivity contribution in [1.82, 2.24) is 5.32 Å². The van der Waals surface area contributed by atoms with E-state index in [1.165, 1.54) is 12.8 Å². The van der Waals surface area contributed by atoms with Gasteiger partial charge in [-0.3, -0.25) is 4.79 Å². The quantitative estimate of drug-likeness (QED) is 0.762. The molecular formula is C14H28N2O2. The van der Waals surface area contributed by atoms with Crippen LogP contribution >= 0.6 is 0 Å². The summed E-state index contributed by atoms with van der Waals surface area (Å²) < 4.78 is 5.08. The molecule has 0 aliphatic heterocycles. The molecule has 4 heteroatoms. The van der Waals surface area contributed by atoms with Crippen molar-refractivity contribution < 1.29 is 9.53 Å². The highest BCUT2D eigenvalue weighted by Crippen LogP contribution is 2.26. The van der Waals surface area contributed by atoms with E-state index in [2.05, 4.69) is 5.32 Å². The third-order valence-electron chi connectivity index (χ3n) is 3.59. The van der Waals surface area contributed by atoms with E-state index >= 15 is 0 Å². The van der Waals surface area contributed by atoms with E-state index < -0.39 is 0 Å². The molecule has 2 atom stereocenters. The van der Waals surface area contributed by atoms with E-state index in [1.807, 2.05) is 13.8 Å². The standard InChI is InChI=1S/C14H28N2O2/c1-14(2,10-18-3)16-13(17)8-7-11-5-4-6-12(15)9-11/h11-12H,4-10,15H2,1-3H3,(H,16,17). The predicted octanol–water partition coefficient (Wildman–Crippen LogP) is 1.83. The SMILES string of the molecule is COCC(C)(C)NC(=O)CCC1CCCC(N)C1. The summed E-state index contributed by atoms with van der Waals surface area (Å²) in [5, 5.41) is 3.01. The van der Waals surface area contributed by atoms with Gasteiger partial charge in [0.05, 0.1) is 12.1 Å². The molecule has 1 aliphatic carbocycles. The molecule has 106 valence electrons. The van der Waals surface area contributed by atoms with Crippen LogP contribution in [-0.4, -0.2) is 31.2 Å². The summed E-state index contributed by atoms with van der Waals surface area (Å²) in [6.45, 7) is 4.49. The average Bonchev–Trinajstić information content (AvgIpc) is 2.25. The van der Waals surface area contributed by atoms with Crippen molar-refractivity contribution >= 4 is 5.91 Å². The van der Waals surface area contributed by atoms with Crippen molar-refractivity contribution in [1.29, 1.82) is 0 Å². The molecule has 0 radical (unpaired) electrons. The van der Waals surface area contributed by atoms with Crippen LogP contribution in [0.3, 0.4) is 0 Å². The van der Waals surface area contributed by atoms with Crippen molar-refractivity contribution in [3.63, 3.8) is 0 Å². The molecule has 0 aromatic rings. The lowest BCUT2D eigenvalue weighted by molar-refractivity contribution is -0.123. The van der Waals surface area contributed by atoms with Crippen molar-refractivity contribution in [3.8, 4) is 0 Å². The highest BCUT2D eigenvalue weighted by atomic mass is 16.5. The number of hydrogen-bond acceptors (Lipinski definition) is 3. The first-order valence-electron chi connectivity index (χ1n) is 6.98. The Morgan fingerprint density at radius 1 is 1.44 bits per heavy atom. The number of carbonyl (C=O) groups excluding carboxylic acids is 1. The Hall–Kier alpha value is -0.610. The molecule has 0 aromatic carbocycles. The van der Waals surface area contributed by atoms with Crippen molar-refractivity contribution in [3.05, 3.63) is 0 Å².